The Kier molecular flexibility index (Phi) is 9.75. The molecule has 3 atom stereocenters. The van der Waals surface area contributed by atoms with Crippen LogP contribution in [0, 0.1) is 5.92 Å². The van der Waals surface area contributed by atoms with Crippen molar-refractivity contribution < 1.29 is 29.4 Å². The number of nitrogens with zero attached hydrogens (tertiary/aromatic N) is 1. The van der Waals surface area contributed by atoms with E-state index < -0.39 is 48.4 Å². The van der Waals surface area contributed by atoms with Gasteiger partial charge in [-0.1, -0.05) is 13.8 Å². The number of nitrogens with two attached hydrogens (primary N) is 1. The number of aliphatic hydroxyl groups excluding tert-OH is 1. The summed E-state index contributed by atoms with van der Waals surface area (Å²) in [6.07, 6.45) is 3.15. The fraction of sp³-hybridized carbons (Fsp3) is 0.588. The number of aliphatic hydroxyl groups is 1. The fourth-order valence-corrected chi connectivity index (χ4v) is 2.51. The molecule has 0 radical (unpaired) electrons. The number of carbonyl (C=O) groups excluding carboxylic acids is 3. The molecule has 0 spiro atoms. The molecule has 8 N–H and O–H groups in total. The van der Waals surface area contributed by atoms with Crippen molar-refractivity contribution in [3.63, 3.8) is 0 Å². The van der Waals surface area contributed by atoms with Crippen LogP contribution in [0.5, 0.6) is 0 Å². The van der Waals surface area contributed by atoms with Gasteiger partial charge in [0, 0.05) is 18.3 Å². The van der Waals surface area contributed by atoms with Gasteiger partial charge in [0.05, 0.1) is 19.5 Å². The highest BCUT2D eigenvalue weighted by molar-refractivity contribution is 5.93. The summed E-state index contributed by atoms with van der Waals surface area (Å²) in [6, 6.07) is -3.61. The van der Waals surface area contributed by atoms with Crippen LogP contribution in [0.1, 0.15) is 26.0 Å². The number of aliphatic carboxylic acids is 1. The summed E-state index contributed by atoms with van der Waals surface area (Å²) < 4.78 is 0. The molecule has 3 amide bonds. The maximum atomic E-state index is 12.7. The van der Waals surface area contributed by atoms with Crippen molar-refractivity contribution in [1.29, 1.82) is 0 Å². The van der Waals surface area contributed by atoms with E-state index in [1.807, 2.05) is 13.8 Å². The van der Waals surface area contributed by atoms with Gasteiger partial charge >= 0.3 is 5.97 Å². The quantitative estimate of drug-likeness (QED) is 0.195. The zero-order valence-electron chi connectivity index (χ0n) is 16.3. The zero-order valence-corrected chi connectivity index (χ0v) is 16.3. The third-order valence-electron chi connectivity index (χ3n) is 3.95. The van der Waals surface area contributed by atoms with E-state index in [1.54, 1.807) is 0 Å². The number of H-pyrrole nitrogens is 1. The smallest absolute Gasteiger partial charge is 0.328 e. The molecule has 1 rings (SSSR count). The van der Waals surface area contributed by atoms with Crippen LogP contribution in [0.25, 0.3) is 0 Å². The van der Waals surface area contributed by atoms with Crippen molar-refractivity contribution in [2.45, 2.75) is 44.8 Å². The van der Waals surface area contributed by atoms with Crippen molar-refractivity contribution in [3.05, 3.63) is 18.2 Å². The second-order valence-electron chi connectivity index (χ2n) is 6.88. The van der Waals surface area contributed by atoms with E-state index in [4.69, 9.17) is 15.9 Å². The lowest BCUT2D eigenvalue weighted by molar-refractivity contribution is -0.143. The number of rotatable bonds is 12. The van der Waals surface area contributed by atoms with Gasteiger partial charge in [0.1, 0.15) is 18.1 Å². The summed E-state index contributed by atoms with van der Waals surface area (Å²) in [5.41, 5.74) is 5.81. The fourth-order valence-electron chi connectivity index (χ4n) is 2.51. The largest absolute Gasteiger partial charge is 0.480 e. The highest BCUT2D eigenvalue weighted by atomic mass is 16.4. The lowest BCUT2D eigenvalue weighted by atomic mass is 10.0. The van der Waals surface area contributed by atoms with Crippen molar-refractivity contribution >= 4 is 23.7 Å². The van der Waals surface area contributed by atoms with Crippen LogP contribution >= 0.6 is 0 Å². The Labute approximate surface area is 167 Å². The Morgan fingerprint density at radius 1 is 1.10 bits per heavy atom. The van der Waals surface area contributed by atoms with E-state index >= 15 is 0 Å². The third kappa shape index (κ3) is 8.27. The molecule has 162 valence electrons. The van der Waals surface area contributed by atoms with Gasteiger partial charge in [0.25, 0.3) is 0 Å². The lowest BCUT2D eigenvalue weighted by Gasteiger charge is -2.24. The first kappa shape index (κ1) is 24.0. The average molecular weight is 412 g/mol. The number of carboxylic acid groups (broad SMARTS) is 1. The first-order valence-electron chi connectivity index (χ1n) is 9.09. The summed E-state index contributed by atoms with van der Waals surface area (Å²) in [7, 11) is 0. The standard InChI is InChI=1S/C17H28N6O6/c1-9(2)3-11(21-14(25)5-18)15(26)22-12(4-10-6-19-8-20-10)16(27)23-13(7-24)17(28)29/h6,8-9,11-13,24H,3-5,7,18H2,1-2H3,(H,19,20)(H,21,25)(H,22,26)(H,23,27)(H,28,29). The Morgan fingerprint density at radius 2 is 1.72 bits per heavy atom. The first-order chi connectivity index (χ1) is 13.7. The Bertz CT molecular complexity index is 693. The van der Waals surface area contributed by atoms with Gasteiger partial charge in [-0.15, -0.1) is 0 Å². The first-order valence-corrected chi connectivity index (χ1v) is 9.09. The molecular formula is C17H28N6O6. The van der Waals surface area contributed by atoms with Crippen LogP contribution in [-0.4, -0.2) is 75.1 Å². The van der Waals surface area contributed by atoms with Gasteiger partial charge in [-0.25, -0.2) is 9.78 Å². The highest BCUT2D eigenvalue weighted by Gasteiger charge is 2.30. The summed E-state index contributed by atoms with van der Waals surface area (Å²) >= 11 is 0. The van der Waals surface area contributed by atoms with Crippen LogP contribution in [0.3, 0.4) is 0 Å². The summed E-state index contributed by atoms with van der Waals surface area (Å²) in [6.45, 7) is 2.62. The normalized spacial score (nSPS) is 14.0. The minimum atomic E-state index is -1.52. The second kappa shape index (κ2) is 11.8. The number of nitrogens with one attached hydrogen (secondary N) is 4. The van der Waals surface area contributed by atoms with E-state index in [0.29, 0.717) is 12.1 Å². The van der Waals surface area contributed by atoms with E-state index in [9.17, 15) is 19.2 Å². The third-order valence-corrected chi connectivity index (χ3v) is 3.95. The molecule has 1 heterocycles. The van der Waals surface area contributed by atoms with Gasteiger partial charge in [-0.2, -0.15) is 0 Å². The molecule has 0 aromatic carbocycles. The predicted molar refractivity (Wildman–Crippen MR) is 101 cm³/mol. The lowest BCUT2D eigenvalue weighted by Crippen LogP contribution is -2.57. The SMILES string of the molecule is CC(C)CC(NC(=O)CN)C(=O)NC(Cc1cnc[nH]1)C(=O)NC(CO)C(=O)O. The zero-order chi connectivity index (χ0) is 22.0. The Morgan fingerprint density at radius 3 is 2.21 bits per heavy atom. The Hall–Kier alpha value is -2.99. The number of imidazole rings is 1. The van der Waals surface area contributed by atoms with Crippen molar-refractivity contribution in [3.8, 4) is 0 Å². The number of carboxylic acids is 1. The minimum absolute atomic E-state index is 0.00538. The number of hydrogen-bond acceptors (Lipinski definition) is 7. The van der Waals surface area contributed by atoms with E-state index in [1.165, 1.54) is 12.5 Å². The number of aromatic nitrogens is 2. The van der Waals surface area contributed by atoms with Crippen LogP contribution in [0.4, 0.5) is 0 Å². The molecule has 0 aliphatic carbocycles. The molecule has 1 aromatic heterocycles. The highest BCUT2D eigenvalue weighted by Crippen LogP contribution is 2.07. The second-order valence-corrected chi connectivity index (χ2v) is 6.88. The summed E-state index contributed by atoms with van der Waals surface area (Å²) in [5.74, 6) is -3.29. The molecule has 12 heteroatoms. The van der Waals surface area contributed by atoms with Gasteiger partial charge in [-0.05, 0) is 12.3 Å². The molecule has 0 saturated carbocycles. The molecule has 1 aromatic rings. The molecular weight excluding hydrogens is 384 g/mol. The molecule has 0 fully saturated rings. The number of aromatic amines is 1. The molecule has 3 unspecified atom stereocenters. The van der Waals surface area contributed by atoms with Crippen molar-refractivity contribution in [2.75, 3.05) is 13.2 Å². The van der Waals surface area contributed by atoms with Gasteiger partial charge < -0.3 is 36.9 Å². The molecule has 12 nitrogen and oxygen atoms in total. The number of carbonyl (C=O) groups is 4. The van der Waals surface area contributed by atoms with Gasteiger partial charge in [0.15, 0.2) is 0 Å². The topological polar surface area (TPSA) is 200 Å². The van der Waals surface area contributed by atoms with E-state index in [0.717, 1.165) is 0 Å². The molecule has 0 saturated heterocycles. The van der Waals surface area contributed by atoms with E-state index in [-0.39, 0.29) is 18.9 Å². The van der Waals surface area contributed by atoms with E-state index in [2.05, 4.69) is 25.9 Å². The maximum absolute atomic E-state index is 12.7. The van der Waals surface area contributed by atoms with Crippen LogP contribution in [0.2, 0.25) is 0 Å². The molecule has 29 heavy (non-hydrogen) atoms. The summed E-state index contributed by atoms with van der Waals surface area (Å²) in [5, 5.41) is 25.3. The van der Waals surface area contributed by atoms with Gasteiger partial charge in [0.2, 0.25) is 17.7 Å². The van der Waals surface area contributed by atoms with Crippen LogP contribution in [-0.2, 0) is 25.6 Å². The van der Waals surface area contributed by atoms with Crippen molar-refractivity contribution in [2.24, 2.45) is 11.7 Å². The molecule has 0 aliphatic heterocycles. The van der Waals surface area contributed by atoms with Crippen LogP contribution in [0.15, 0.2) is 12.5 Å². The van der Waals surface area contributed by atoms with Crippen molar-refractivity contribution in [1.82, 2.24) is 25.9 Å². The predicted octanol–water partition coefficient (Wildman–Crippen LogP) is -2.51. The summed E-state index contributed by atoms with van der Waals surface area (Å²) in [4.78, 5) is 54.6. The average Bonchev–Trinajstić information content (AvgIpc) is 3.16. The maximum Gasteiger partial charge on any atom is 0.328 e. The monoisotopic (exact) mass is 412 g/mol. The number of amides is 3. The van der Waals surface area contributed by atoms with Crippen LogP contribution < -0.4 is 21.7 Å². The number of hydrogen-bond donors (Lipinski definition) is 7. The Balaban J connectivity index is 2.98. The molecule has 0 bridgehead atoms. The van der Waals surface area contributed by atoms with Gasteiger partial charge in [-0.3, -0.25) is 14.4 Å². The minimum Gasteiger partial charge on any atom is -0.480 e. The molecule has 0 aliphatic rings.